The average molecular weight is 145 g/mol. The van der Waals surface area contributed by atoms with Gasteiger partial charge >= 0.3 is 0 Å². The molecule has 0 bridgehead atoms. The number of hydrogen-bond acceptors (Lipinski definition) is 3. The normalized spacial score (nSPS) is 22.2. The fourth-order valence-corrected chi connectivity index (χ4v) is 1.16. The molecule has 0 radical (unpaired) electrons. The SMILES string of the molecule is CCN1CCN(C)CC1.N. The minimum Gasteiger partial charge on any atom is -0.344 e. The first-order valence-electron chi connectivity index (χ1n) is 3.74. The van der Waals surface area contributed by atoms with Crippen molar-refractivity contribution >= 4 is 0 Å². The Kier molecular flexibility index (Phi) is 4.60. The van der Waals surface area contributed by atoms with Crippen molar-refractivity contribution in [2.45, 2.75) is 6.92 Å². The van der Waals surface area contributed by atoms with Crippen molar-refractivity contribution in [3.8, 4) is 0 Å². The largest absolute Gasteiger partial charge is 0.344 e. The van der Waals surface area contributed by atoms with E-state index in [0.717, 1.165) is 0 Å². The maximum absolute atomic E-state index is 2.49. The summed E-state index contributed by atoms with van der Waals surface area (Å²) in [4.78, 5) is 4.87. The first-order chi connectivity index (χ1) is 4.33. The number of likely N-dealkylation sites (N-methyl/N-ethyl adjacent to an activating group) is 2. The maximum atomic E-state index is 2.49. The molecule has 0 saturated carbocycles. The molecule has 3 N–H and O–H groups in total. The lowest BCUT2D eigenvalue weighted by molar-refractivity contribution is 0.160. The van der Waals surface area contributed by atoms with Crippen molar-refractivity contribution in [1.82, 2.24) is 16.0 Å². The topological polar surface area (TPSA) is 41.5 Å². The monoisotopic (exact) mass is 145 g/mol. The summed E-state index contributed by atoms with van der Waals surface area (Å²) in [7, 11) is 2.19. The first kappa shape index (κ1) is 9.88. The van der Waals surface area contributed by atoms with E-state index >= 15 is 0 Å². The van der Waals surface area contributed by atoms with Gasteiger partial charge in [-0.2, -0.15) is 0 Å². The van der Waals surface area contributed by atoms with Gasteiger partial charge in [0.05, 0.1) is 0 Å². The van der Waals surface area contributed by atoms with Crippen molar-refractivity contribution in [2.75, 3.05) is 39.8 Å². The highest BCUT2D eigenvalue weighted by atomic mass is 15.2. The second kappa shape index (κ2) is 4.66. The van der Waals surface area contributed by atoms with Gasteiger partial charge in [0.25, 0.3) is 0 Å². The summed E-state index contributed by atoms with van der Waals surface area (Å²) in [5.74, 6) is 0. The van der Waals surface area contributed by atoms with Gasteiger partial charge in [0.2, 0.25) is 0 Å². The molecule has 1 aliphatic heterocycles. The van der Waals surface area contributed by atoms with Crippen molar-refractivity contribution in [3.63, 3.8) is 0 Å². The minimum absolute atomic E-state index is 0. The first-order valence-corrected chi connectivity index (χ1v) is 3.74. The molecule has 1 heterocycles. The highest BCUT2D eigenvalue weighted by Gasteiger charge is 2.10. The molecular weight excluding hydrogens is 126 g/mol. The highest BCUT2D eigenvalue weighted by molar-refractivity contribution is 4.66. The van der Waals surface area contributed by atoms with Crippen LogP contribution in [0.15, 0.2) is 0 Å². The molecular formula is C7H19N3. The van der Waals surface area contributed by atoms with E-state index in [9.17, 15) is 0 Å². The van der Waals surface area contributed by atoms with E-state index in [1.165, 1.54) is 32.7 Å². The van der Waals surface area contributed by atoms with E-state index < -0.39 is 0 Å². The van der Waals surface area contributed by atoms with E-state index in [2.05, 4.69) is 23.8 Å². The minimum atomic E-state index is 0. The molecule has 1 aliphatic rings. The van der Waals surface area contributed by atoms with Gasteiger partial charge < -0.3 is 16.0 Å². The van der Waals surface area contributed by atoms with Crippen molar-refractivity contribution < 1.29 is 0 Å². The summed E-state index contributed by atoms with van der Waals surface area (Å²) < 4.78 is 0. The number of hydrogen-bond donors (Lipinski definition) is 1. The molecule has 0 aromatic heterocycles. The van der Waals surface area contributed by atoms with Crippen LogP contribution in [-0.2, 0) is 0 Å². The Hall–Kier alpha value is -0.120. The highest BCUT2D eigenvalue weighted by Crippen LogP contribution is 1.96. The third-order valence-electron chi connectivity index (χ3n) is 2.04. The van der Waals surface area contributed by atoms with Crippen LogP contribution in [0.25, 0.3) is 0 Å². The second-order valence-corrected chi connectivity index (χ2v) is 2.74. The van der Waals surface area contributed by atoms with Crippen molar-refractivity contribution in [2.24, 2.45) is 0 Å². The van der Waals surface area contributed by atoms with Gasteiger partial charge in [-0.15, -0.1) is 0 Å². The molecule has 0 unspecified atom stereocenters. The molecule has 10 heavy (non-hydrogen) atoms. The van der Waals surface area contributed by atoms with Crippen molar-refractivity contribution in [1.29, 1.82) is 0 Å². The predicted molar refractivity (Wildman–Crippen MR) is 44.6 cm³/mol. The van der Waals surface area contributed by atoms with Crippen LogP contribution in [0.2, 0.25) is 0 Å². The van der Waals surface area contributed by atoms with E-state index in [0.29, 0.717) is 0 Å². The fraction of sp³-hybridized carbons (Fsp3) is 1.00. The zero-order valence-electron chi connectivity index (χ0n) is 7.14. The smallest absolute Gasteiger partial charge is 0.0110 e. The zero-order valence-corrected chi connectivity index (χ0v) is 7.14. The van der Waals surface area contributed by atoms with Crippen LogP contribution in [0, 0.1) is 0 Å². The third-order valence-corrected chi connectivity index (χ3v) is 2.04. The van der Waals surface area contributed by atoms with E-state index in [1.807, 2.05) is 0 Å². The van der Waals surface area contributed by atoms with Gasteiger partial charge in [0, 0.05) is 26.2 Å². The Morgan fingerprint density at radius 2 is 1.60 bits per heavy atom. The van der Waals surface area contributed by atoms with Gasteiger partial charge in [-0.1, -0.05) is 6.92 Å². The fourth-order valence-electron chi connectivity index (χ4n) is 1.16. The molecule has 0 amide bonds. The molecule has 0 spiro atoms. The molecule has 3 nitrogen and oxygen atoms in total. The van der Waals surface area contributed by atoms with Gasteiger partial charge in [-0.05, 0) is 13.6 Å². The molecule has 0 aromatic rings. The van der Waals surface area contributed by atoms with E-state index in [-0.39, 0.29) is 6.15 Å². The lowest BCUT2D eigenvalue weighted by Crippen LogP contribution is -2.44. The molecule has 1 fully saturated rings. The van der Waals surface area contributed by atoms with E-state index in [1.54, 1.807) is 0 Å². The summed E-state index contributed by atoms with van der Waals surface area (Å²) in [5, 5.41) is 0. The number of piperazine rings is 1. The van der Waals surface area contributed by atoms with Crippen molar-refractivity contribution in [3.05, 3.63) is 0 Å². The van der Waals surface area contributed by atoms with Crippen LogP contribution in [0.4, 0.5) is 0 Å². The van der Waals surface area contributed by atoms with Crippen LogP contribution in [0.5, 0.6) is 0 Å². The van der Waals surface area contributed by atoms with Crippen LogP contribution in [0.1, 0.15) is 6.92 Å². The van der Waals surface area contributed by atoms with Crippen LogP contribution < -0.4 is 6.15 Å². The molecule has 3 heteroatoms. The van der Waals surface area contributed by atoms with Crippen LogP contribution in [-0.4, -0.2) is 49.6 Å². The predicted octanol–water partition coefficient (Wildman–Crippen LogP) is 0.416. The van der Waals surface area contributed by atoms with Crippen LogP contribution >= 0.6 is 0 Å². The Morgan fingerprint density at radius 3 is 2.00 bits per heavy atom. The standard InChI is InChI=1S/C7H16N2.H3N/c1-3-9-6-4-8(2)5-7-9;/h3-7H2,1-2H3;1H3. The summed E-state index contributed by atoms with van der Waals surface area (Å²) in [6.45, 7) is 8.45. The van der Waals surface area contributed by atoms with Gasteiger partial charge in [-0.25, -0.2) is 0 Å². The summed E-state index contributed by atoms with van der Waals surface area (Å²) >= 11 is 0. The quantitative estimate of drug-likeness (QED) is 0.581. The summed E-state index contributed by atoms with van der Waals surface area (Å²) in [6, 6.07) is 0. The van der Waals surface area contributed by atoms with Gasteiger partial charge in [0.15, 0.2) is 0 Å². The number of rotatable bonds is 1. The lowest BCUT2D eigenvalue weighted by atomic mass is 10.3. The summed E-state index contributed by atoms with van der Waals surface area (Å²) in [6.07, 6.45) is 0. The Morgan fingerprint density at radius 1 is 1.10 bits per heavy atom. The van der Waals surface area contributed by atoms with Crippen LogP contribution in [0.3, 0.4) is 0 Å². The molecule has 0 atom stereocenters. The Balaban J connectivity index is 0.000000810. The molecule has 1 rings (SSSR count). The average Bonchev–Trinajstić information content (AvgIpc) is 1.90. The van der Waals surface area contributed by atoms with Gasteiger partial charge in [-0.3, -0.25) is 0 Å². The molecule has 0 aliphatic carbocycles. The second-order valence-electron chi connectivity index (χ2n) is 2.74. The maximum Gasteiger partial charge on any atom is 0.0110 e. The Bertz CT molecular complexity index is 76.9. The van der Waals surface area contributed by atoms with Gasteiger partial charge in [0.1, 0.15) is 0 Å². The third kappa shape index (κ3) is 2.64. The Labute approximate surface area is 63.6 Å². The zero-order chi connectivity index (χ0) is 6.69. The lowest BCUT2D eigenvalue weighted by Gasteiger charge is -2.31. The van der Waals surface area contributed by atoms with E-state index in [4.69, 9.17) is 0 Å². The number of nitrogens with zero attached hydrogens (tertiary/aromatic N) is 2. The molecule has 1 saturated heterocycles. The summed E-state index contributed by atoms with van der Waals surface area (Å²) in [5.41, 5.74) is 0. The molecule has 0 aromatic carbocycles. The molecule has 62 valence electrons.